The predicted molar refractivity (Wildman–Crippen MR) is 71.6 cm³/mol. The molecule has 0 aliphatic carbocycles. The lowest BCUT2D eigenvalue weighted by Gasteiger charge is -2.11. The minimum atomic E-state index is -0.297. The third kappa shape index (κ3) is 2.59. The Bertz CT molecular complexity index is 557. The number of aromatic nitrogens is 4. The molecule has 102 valence electrons. The molecule has 1 amide bonds. The fourth-order valence-electron chi connectivity index (χ4n) is 1.82. The SMILES string of the molecule is CC(C)c1[nH]nc(C(=O)NC(C)c2cn[nH]c2)c1N. The van der Waals surface area contributed by atoms with Crippen molar-refractivity contribution in [2.75, 3.05) is 5.73 Å². The van der Waals surface area contributed by atoms with E-state index in [0.717, 1.165) is 11.3 Å². The molecule has 0 aliphatic heterocycles. The molecule has 2 aromatic heterocycles. The number of H-pyrrole nitrogens is 2. The van der Waals surface area contributed by atoms with Crippen molar-refractivity contribution in [1.82, 2.24) is 25.7 Å². The molecular formula is C12H18N6O. The molecule has 0 radical (unpaired) electrons. The highest BCUT2D eigenvalue weighted by Crippen LogP contribution is 2.22. The third-order valence-electron chi connectivity index (χ3n) is 2.99. The fraction of sp³-hybridized carbons (Fsp3) is 0.417. The lowest BCUT2D eigenvalue weighted by atomic mass is 10.1. The van der Waals surface area contributed by atoms with Crippen LogP contribution in [0.1, 0.15) is 54.5 Å². The van der Waals surface area contributed by atoms with Gasteiger partial charge in [0.05, 0.1) is 23.6 Å². The second-order valence-electron chi connectivity index (χ2n) is 4.78. The van der Waals surface area contributed by atoms with Gasteiger partial charge < -0.3 is 11.1 Å². The zero-order valence-electron chi connectivity index (χ0n) is 11.2. The summed E-state index contributed by atoms with van der Waals surface area (Å²) < 4.78 is 0. The number of nitrogens with zero attached hydrogens (tertiary/aromatic N) is 2. The molecule has 7 nitrogen and oxygen atoms in total. The van der Waals surface area contributed by atoms with Crippen LogP contribution in [0.4, 0.5) is 5.69 Å². The summed E-state index contributed by atoms with van der Waals surface area (Å²) in [6.45, 7) is 5.84. The fourth-order valence-corrected chi connectivity index (χ4v) is 1.82. The van der Waals surface area contributed by atoms with Crippen molar-refractivity contribution in [2.24, 2.45) is 0 Å². The predicted octanol–water partition coefficient (Wildman–Crippen LogP) is 1.33. The van der Waals surface area contributed by atoms with Crippen LogP contribution in [0.25, 0.3) is 0 Å². The van der Waals surface area contributed by atoms with E-state index in [0.29, 0.717) is 5.69 Å². The number of amides is 1. The maximum absolute atomic E-state index is 12.1. The van der Waals surface area contributed by atoms with E-state index < -0.39 is 0 Å². The van der Waals surface area contributed by atoms with Gasteiger partial charge >= 0.3 is 0 Å². The summed E-state index contributed by atoms with van der Waals surface area (Å²) in [5.41, 5.74) is 8.24. The Labute approximate surface area is 111 Å². The summed E-state index contributed by atoms with van der Waals surface area (Å²) in [6.07, 6.45) is 3.40. The monoisotopic (exact) mass is 262 g/mol. The van der Waals surface area contributed by atoms with Gasteiger partial charge in [-0.1, -0.05) is 13.8 Å². The molecule has 0 bridgehead atoms. The first-order valence-corrected chi connectivity index (χ1v) is 6.14. The zero-order chi connectivity index (χ0) is 14.0. The van der Waals surface area contributed by atoms with E-state index >= 15 is 0 Å². The van der Waals surface area contributed by atoms with Crippen molar-refractivity contribution < 1.29 is 4.79 Å². The van der Waals surface area contributed by atoms with Gasteiger partial charge in [-0.2, -0.15) is 10.2 Å². The summed E-state index contributed by atoms with van der Waals surface area (Å²) in [5.74, 6) is -0.102. The van der Waals surface area contributed by atoms with Crippen molar-refractivity contribution in [3.05, 3.63) is 29.3 Å². The van der Waals surface area contributed by atoms with Gasteiger partial charge in [-0.25, -0.2) is 0 Å². The van der Waals surface area contributed by atoms with Gasteiger partial charge in [0.25, 0.3) is 5.91 Å². The van der Waals surface area contributed by atoms with Gasteiger partial charge in [0.2, 0.25) is 0 Å². The van der Waals surface area contributed by atoms with Crippen LogP contribution in [0.3, 0.4) is 0 Å². The van der Waals surface area contributed by atoms with Crippen molar-refractivity contribution in [3.8, 4) is 0 Å². The molecule has 19 heavy (non-hydrogen) atoms. The van der Waals surface area contributed by atoms with Gasteiger partial charge in [-0.05, 0) is 12.8 Å². The van der Waals surface area contributed by atoms with Crippen LogP contribution in [-0.4, -0.2) is 26.3 Å². The maximum atomic E-state index is 12.1. The Morgan fingerprint density at radius 3 is 2.68 bits per heavy atom. The van der Waals surface area contributed by atoms with Gasteiger partial charge in [0.15, 0.2) is 5.69 Å². The first kappa shape index (κ1) is 13.1. The molecule has 1 atom stereocenters. The normalized spacial score (nSPS) is 12.6. The molecule has 0 aromatic carbocycles. The van der Waals surface area contributed by atoms with Crippen LogP contribution in [0, 0.1) is 0 Å². The Kier molecular flexibility index (Phi) is 3.55. The van der Waals surface area contributed by atoms with Gasteiger partial charge in [0.1, 0.15) is 0 Å². The van der Waals surface area contributed by atoms with Crippen LogP contribution >= 0.6 is 0 Å². The molecule has 0 saturated carbocycles. The minimum absolute atomic E-state index is 0.162. The largest absolute Gasteiger partial charge is 0.395 e. The minimum Gasteiger partial charge on any atom is -0.395 e. The number of anilines is 1. The third-order valence-corrected chi connectivity index (χ3v) is 2.99. The first-order chi connectivity index (χ1) is 9.00. The van der Waals surface area contributed by atoms with Crippen LogP contribution in [-0.2, 0) is 0 Å². The topological polar surface area (TPSA) is 112 Å². The zero-order valence-corrected chi connectivity index (χ0v) is 11.2. The average Bonchev–Trinajstić information content (AvgIpc) is 2.96. The number of carbonyl (C=O) groups is 1. The number of nitrogens with two attached hydrogens (primary N) is 1. The second-order valence-corrected chi connectivity index (χ2v) is 4.78. The Balaban J connectivity index is 2.12. The van der Waals surface area contributed by atoms with E-state index in [1.807, 2.05) is 20.8 Å². The Morgan fingerprint density at radius 1 is 1.42 bits per heavy atom. The lowest BCUT2D eigenvalue weighted by molar-refractivity contribution is 0.0935. The molecule has 2 heterocycles. The number of hydrogen-bond donors (Lipinski definition) is 4. The van der Waals surface area contributed by atoms with E-state index in [1.165, 1.54) is 0 Å². The summed E-state index contributed by atoms with van der Waals surface area (Å²) in [4.78, 5) is 12.1. The highest BCUT2D eigenvalue weighted by molar-refractivity contribution is 5.97. The number of nitrogens with one attached hydrogen (secondary N) is 3. The molecule has 0 saturated heterocycles. The van der Waals surface area contributed by atoms with Gasteiger partial charge in [-0.3, -0.25) is 15.0 Å². The quantitative estimate of drug-likeness (QED) is 0.665. The number of aromatic amines is 2. The summed E-state index contributed by atoms with van der Waals surface area (Å²) in [7, 11) is 0. The van der Waals surface area contributed by atoms with Crippen LogP contribution in [0.15, 0.2) is 12.4 Å². The Hall–Kier alpha value is -2.31. The molecular weight excluding hydrogens is 244 g/mol. The summed E-state index contributed by atoms with van der Waals surface area (Å²) in [6, 6.07) is -0.162. The van der Waals surface area contributed by atoms with E-state index in [1.54, 1.807) is 12.4 Å². The molecule has 0 aliphatic rings. The van der Waals surface area contributed by atoms with Crippen LogP contribution in [0.2, 0.25) is 0 Å². The molecule has 5 N–H and O–H groups in total. The first-order valence-electron chi connectivity index (χ1n) is 6.14. The van der Waals surface area contributed by atoms with Crippen LogP contribution < -0.4 is 11.1 Å². The van der Waals surface area contributed by atoms with Crippen LogP contribution in [0.5, 0.6) is 0 Å². The Morgan fingerprint density at radius 2 is 2.16 bits per heavy atom. The van der Waals surface area contributed by atoms with E-state index in [2.05, 4.69) is 25.7 Å². The van der Waals surface area contributed by atoms with Crippen molar-refractivity contribution >= 4 is 11.6 Å². The van der Waals surface area contributed by atoms with Gasteiger partial charge in [0, 0.05) is 11.8 Å². The lowest BCUT2D eigenvalue weighted by Crippen LogP contribution is -2.27. The van der Waals surface area contributed by atoms with Crippen molar-refractivity contribution in [1.29, 1.82) is 0 Å². The highest BCUT2D eigenvalue weighted by Gasteiger charge is 2.20. The summed E-state index contributed by atoms with van der Waals surface area (Å²) in [5, 5.41) is 16.2. The second kappa shape index (κ2) is 5.13. The van der Waals surface area contributed by atoms with Crippen molar-refractivity contribution in [3.63, 3.8) is 0 Å². The molecule has 0 fully saturated rings. The molecule has 1 unspecified atom stereocenters. The number of rotatable bonds is 4. The van der Waals surface area contributed by atoms with Gasteiger partial charge in [-0.15, -0.1) is 0 Å². The molecule has 2 aromatic rings. The standard InChI is InChI=1S/C12H18N6O/c1-6(2)10-9(13)11(18-17-10)12(19)16-7(3)8-4-14-15-5-8/h4-7H,13H2,1-3H3,(H,14,15)(H,16,19)(H,17,18). The van der Waals surface area contributed by atoms with E-state index in [9.17, 15) is 4.79 Å². The molecule has 2 rings (SSSR count). The van der Waals surface area contributed by atoms with E-state index in [-0.39, 0.29) is 23.6 Å². The summed E-state index contributed by atoms with van der Waals surface area (Å²) >= 11 is 0. The number of hydrogen-bond acceptors (Lipinski definition) is 4. The molecule has 0 spiro atoms. The average molecular weight is 262 g/mol. The smallest absolute Gasteiger partial charge is 0.274 e. The van der Waals surface area contributed by atoms with E-state index in [4.69, 9.17) is 5.73 Å². The highest BCUT2D eigenvalue weighted by atomic mass is 16.2. The maximum Gasteiger partial charge on any atom is 0.274 e. The number of nitrogen functional groups attached to an aromatic ring is 1. The van der Waals surface area contributed by atoms with Crippen molar-refractivity contribution in [2.45, 2.75) is 32.7 Å². The number of carbonyl (C=O) groups excluding carboxylic acids is 1. The molecule has 7 heteroatoms.